The van der Waals surface area contributed by atoms with E-state index in [0.717, 1.165) is 25.7 Å². The number of nitrogens with zero attached hydrogens (tertiary/aromatic N) is 1. The quantitative estimate of drug-likeness (QED) is 0.676. The Morgan fingerprint density at radius 1 is 1.24 bits per heavy atom. The van der Waals surface area contributed by atoms with Crippen molar-refractivity contribution in [3.63, 3.8) is 0 Å². The Morgan fingerprint density at radius 3 is 2.65 bits per heavy atom. The lowest BCUT2D eigenvalue weighted by atomic mass is 9.81. The molecule has 0 aromatic heterocycles. The molecule has 2 rings (SSSR count). The fraction of sp³-hybridized carbons (Fsp3) is 0.833. The summed E-state index contributed by atoms with van der Waals surface area (Å²) < 4.78 is 0. The summed E-state index contributed by atoms with van der Waals surface area (Å²) in [4.78, 5) is 25.4. The van der Waals surface area contributed by atoms with Crippen LogP contribution < -0.4 is 11.1 Å². The van der Waals surface area contributed by atoms with Gasteiger partial charge in [0, 0.05) is 26.1 Å². The Morgan fingerprint density at radius 2 is 1.94 bits per heavy atom. The third-order valence-corrected chi connectivity index (χ3v) is 3.77. The van der Waals surface area contributed by atoms with Crippen LogP contribution in [-0.4, -0.2) is 41.9 Å². The van der Waals surface area contributed by atoms with Gasteiger partial charge in [-0.1, -0.05) is 19.3 Å². The molecule has 2 fully saturated rings. The zero-order valence-electron chi connectivity index (χ0n) is 10.2. The molecule has 0 radical (unpaired) electrons. The molecule has 96 valence electrons. The van der Waals surface area contributed by atoms with Gasteiger partial charge < -0.3 is 16.0 Å². The van der Waals surface area contributed by atoms with Crippen molar-refractivity contribution < 1.29 is 9.59 Å². The third-order valence-electron chi connectivity index (χ3n) is 3.77. The summed E-state index contributed by atoms with van der Waals surface area (Å²) in [5, 5.41) is 2.77. The van der Waals surface area contributed by atoms with Crippen LogP contribution in [0.5, 0.6) is 0 Å². The Bertz CT molecular complexity index is 311. The van der Waals surface area contributed by atoms with Crippen molar-refractivity contribution in [1.29, 1.82) is 0 Å². The van der Waals surface area contributed by atoms with Gasteiger partial charge in [0.1, 0.15) is 0 Å². The highest BCUT2D eigenvalue weighted by Crippen LogP contribution is 2.27. The summed E-state index contributed by atoms with van der Waals surface area (Å²) in [5.41, 5.74) is 5.55. The van der Waals surface area contributed by atoms with Crippen LogP contribution in [0.15, 0.2) is 0 Å². The molecule has 2 aliphatic rings. The SMILES string of the molecule is NC1(C(=O)N2CCNC(=O)CC2)CCCCC1. The number of carbonyl (C=O) groups excluding carboxylic acids is 2. The Hall–Kier alpha value is -1.10. The van der Waals surface area contributed by atoms with E-state index in [4.69, 9.17) is 5.73 Å². The predicted octanol–water partition coefficient (Wildman–Crippen LogP) is -0.00350. The summed E-state index contributed by atoms with van der Waals surface area (Å²) >= 11 is 0. The molecule has 3 N–H and O–H groups in total. The molecule has 1 aliphatic carbocycles. The molecule has 0 aromatic carbocycles. The second kappa shape index (κ2) is 5.04. The molecular weight excluding hydrogens is 218 g/mol. The number of hydrogen-bond donors (Lipinski definition) is 2. The molecule has 0 aromatic rings. The van der Waals surface area contributed by atoms with Gasteiger partial charge in [-0.05, 0) is 12.8 Å². The minimum atomic E-state index is -0.675. The summed E-state index contributed by atoms with van der Waals surface area (Å²) in [6.07, 6.45) is 5.20. The van der Waals surface area contributed by atoms with Gasteiger partial charge in [0.25, 0.3) is 0 Å². The van der Waals surface area contributed by atoms with Crippen LogP contribution in [0.1, 0.15) is 38.5 Å². The highest BCUT2D eigenvalue weighted by molar-refractivity contribution is 5.87. The van der Waals surface area contributed by atoms with Crippen LogP contribution in [0.25, 0.3) is 0 Å². The lowest BCUT2D eigenvalue weighted by Gasteiger charge is -2.36. The first kappa shape index (κ1) is 12.4. The summed E-state index contributed by atoms with van der Waals surface area (Å²) in [6.45, 7) is 1.63. The lowest BCUT2D eigenvalue weighted by Crippen LogP contribution is -2.56. The van der Waals surface area contributed by atoms with E-state index >= 15 is 0 Å². The molecule has 0 unspecified atom stereocenters. The van der Waals surface area contributed by atoms with Crippen LogP contribution in [0.4, 0.5) is 0 Å². The fourth-order valence-corrected chi connectivity index (χ4v) is 2.68. The second-order valence-corrected chi connectivity index (χ2v) is 5.11. The zero-order chi connectivity index (χ0) is 12.3. The molecule has 1 saturated heterocycles. The van der Waals surface area contributed by atoms with E-state index in [-0.39, 0.29) is 11.8 Å². The van der Waals surface area contributed by atoms with Gasteiger partial charge in [-0.25, -0.2) is 0 Å². The molecule has 1 saturated carbocycles. The van der Waals surface area contributed by atoms with Gasteiger partial charge in [0.05, 0.1) is 5.54 Å². The molecule has 0 bridgehead atoms. The maximum atomic E-state index is 12.4. The highest BCUT2D eigenvalue weighted by Gasteiger charge is 2.38. The maximum absolute atomic E-state index is 12.4. The largest absolute Gasteiger partial charge is 0.354 e. The molecule has 1 heterocycles. The van der Waals surface area contributed by atoms with Gasteiger partial charge >= 0.3 is 0 Å². The normalized spacial score (nSPS) is 25.0. The van der Waals surface area contributed by atoms with Crippen LogP contribution in [0.3, 0.4) is 0 Å². The van der Waals surface area contributed by atoms with E-state index in [1.165, 1.54) is 6.42 Å². The van der Waals surface area contributed by atoms with E-state index < -0.39 is 5.54 Å². The van der Waals surface area contributed by atoms with Gasteiger partial charge in [-0.15, -0.1) is 0 Å². The molecule has 5 heteroatoms. The summed E-state index contributed by atoms with van der Waals surface area (Å²) in [7, 11) is 0. The predicted molar refractivity (Wildman–Crippen MR) is 64.2 cm³/mol. The minimum Gasteiger partial charge on any atom is -0.354 e. The first-order chi connectivity index (χ1) is 8.12. The highest BCUT2D eigenvalue weighted by atomic mass is 16.2. The van der Waals surface area contributed by atoms with Crippen molar-refractivity contribution in [3.05, 3.63) is 0 Å². The number of amides is 2. The van der Waals surface area contributed by atoms with Crippen LogP contribution >= 0.6 is 0 Å². The van der Waals surface area contributed by atoms with E-state index in [1.54, 1.807) is 4.90 Å². The molecule has 0 spiro atoms. The van der Waals surface area contributed by atoms with Gasteiger partial charge in [0.15, 0.2) is 0 Å². The number of rotatable bonds is 1. The number of nitrogens with two attached hydrogens (primary N) is 1. The minimum absolute atomic E-state index is 0.0232. The van der Waals surface area contributed by atoms with Crippen molar-refractivity contribution in [2.45, 2.75) is 44.1 Å². The average molecular weight is 239 g/mol. The average Bonchev–Trinajstić information content (AvgIpc) is 2.54. The van der Waals surface area contributed by atoms with Crippen molar-refractivity contribution in [1.82, 2.24) is 10.2 Å². The van der Waals surface area contributed by atoms with Crippen LogP contribution in [-0.2, 0) is 9.59 Å². The molecule has 17 heavy (non-hydrogen) atoms. The molecule has 1 aliphatic heterocycles. The number of nitrogens with one attached hydrogen (secondary N) is 1. The van der Waals surface area contributed by atoms with E-state index in [1.807, 2.05) is 0 Å². The zero-order valence-corrected chi connectivity index (χ0v) is 10.2. The first-order valence-electron chi connectivity index (χ1n) is 6.47. The molecule has 0 atom stereocenters. The van der Waals surface area contributed by atoms with Gasteiger partial charge in [-0.3, -0.25) is 9.59 Å². The Kier molecular flexibility index (Phi) is 3.66. The van der Waals surface area contributed by atoms with E-state index in [9.17, 15) is 9.59 Å². The van der Waals surface area contributed by atoms with Crippen LogP contribution in [0.2, 0.25) is 0 Å². The summed E-state index contributed by atoms with van der Waals surface area (Å²) in [5.74, 6) is 0.0590. The van der Waals surface area contributed by atoms with Crippen molar-refractivity contribution in [2.24, 2.45) is 5.73 Å². The second-order valence-electron chi connectivity index (χ2n) is 5.11. The topological polar surface area (TPSA) is 75.4 Å². The van der Waals surface area contributed by atoms with Gasteiger partial charge in [-0.2, -0.15) is 0 Å². The fourth-order valence-electron chi connectivity index (χ4n) is 2.68. The maximum Gasteiger partial charge on any atom is 0.242 e. The smallest absolute Gasteiger partial charge is 0.242 e. The van der Waals surface area contributed by atoms with Crippen LogP contribution in [0, 0.1) is 0 Å². The van der Waals surface area contributed by atoms with Gasteiger partial charge in [0.2, 0.25) is 11.8 Å². The standard InChI is InChI=1S/C12H21N3O2/c13-12(5-2-1-3-6-12)11(17)15-8-4-10(16)14-7-9-15/h1-9,13H2,(H,14,16). The third kappa shape index (κ3) is 2.77. The summed E-state index contributed by atoms with van der Waals surface area (Å²) in [6, 6.07) is 0. The molecule has 2 amide bonds. The van der Waals surface area contributed by atoms with Crippen molar-refractivity contribution in [2.75, 3.05) is 19.6 Å². The molecular formula is C12H21N3O2. The van der Waals surface area contributed by atoms with E-state index in [2.05, 4.69) is 5.32 Å². The van der Waals surface area contributed by atoms with Crippen molar-refractivity contribution in [3.8, 4) is 0 Å². The lowest BCUT2D eigenvalue weighted by molar-refractivity contribution is -0.138. The monoisotopic (exact) mass is 239 g/mol. The Balaban J connectivity index is 2.00. The van der Waals surface area contributed by atoms with Crippen molar-refractivity contribution >= 4 is 11.8 Å². The number of hydrogen-bond acceptors (Lipinski definition) is 3. The molecule has 5 nitrogen and oxygen atoms in total. The van der Waals surface area contributed by atoms with E-state index in [0.29, 0.717) is 26.1 Å². The first-order valence-corrected chi connectivity index (χ1v) is 6.47. The number of carbonyl (C=O) groups is 2. The Labute approximate surface area is 102 Å².